The molecule has 2 aliphatic rings. The predicted octanol–water partition coefficient (Wildman–Crippen LogP) is 2.85. The van der Waals surface area contributed by atoms with Gasteiger partial charge < -0.3 is 26.4 Å². The minimum Gasteiger partial charge on any atom is -0.396 e. The van der Waals surface area contributed by atoms with Crippen molar-refractivity contribution in [3.8, 4) is 0 Å². The van der Waals surface area contributed by atoms with Gasteiger partial charge in [0.05, 0.1) is 36.0 Å². The van der Waals surface area contributed by atoms with E-state index in [4.69, 9.17) is 10.5 Å². The van der Waals surface area contributed by atoms with E-state index in [2.05, 4.69) is 20.9 Å². The van der Waals surface area contributed by atoms with Gasteiger partial charge in [0.1, 0.15) is 11.9 Å². The first-order chi connectivity index (χ1) is 14.6. The van der Waals surface area contributed by atoms with Crippen molar-refractivity contribution in [1.29, 1.82) is 0 Å². The van der Waals surface area contributed by atoms with E-state index in [-0.39, 0.29) is 48.4 Å². The molecular formula is C19H26F5N5O2. The first-order valence-electron chi connectivity index (χ1n) is 10.2. The quantitative estimate of drug-likeness (QED) is 0.497. The molecule has 3 rings (SSSR count). The summed E-state index contributed by atoms with van der Waals surface area (Å²) in [5.74, 6) is -1.86. The molecule has 1 aliphatic carbocycles. The third-order valence-corrected chi connectivity index (χ3v) is 5.51. The number of pyridine rings is 1. The van der Waals surface area contributed by atoms with Crippen LogP contribution in [0.15, 0.2) is 6.07 Å². The first kappa shape index (κ1) is 23.5. The summed E-state index contributed by atoms with van der Waals surface area (Å²) < 4.78 is 69.4. The van der Waals surface area contributed by atoms with Crippen LogP contribution < -0.4 is 21.7 Å². The van der Waals surface area contributed by atoms with Crippen LogP contribution in [0, 0.1) is 5.92 Å². The molecular weight excluding hydrogens is 425 g/mol. The number of carbonyl (C=O) groups is 1. The Morgan fingerprint density at radius 2 is 2.00 bits per heavy atom. The maximum absolute atomic E-state index is 12.9. The van der Waals surface area contributed by atoms with Crippen molar-refractivity contribution in [1.82, 2.24) is 15.6 Å². The number of nitrogens with zero attached hydrogens (tertiary/aromatic N) is 1. The molecule has 0 aromatic carbocycles. The summed E-state index contributed by atoms with van der Waals surface area (Å²) in [5.41, 5.74) is 6.28. The van der Waals surface area contributed by atoms with Gasteiger partial charge in [-0.25, -0.2) is 13.8 Å². The Bertz CT molecular complexity index is 763. The SMILES string of the molecule is Nc1cc(C(=O)N[C@H]2CC[C@H](C(F)(F)F)CC2)c(C2CNCCO2)nc1NCC(F)F. The number of aromatic nitrogens is 1. The standard InChI is InChI=1S/C19H26F5N5O2/c20-15(21)9-27-17-13(25)7-12(16(29-17)14-8-26-5-6-31-14)18(30)28-11-3-1-10(2-4-11)19(22,23)24/h7,10-11,14-15,26H,1-6,8-9,25H2,(H,27,29)(H,28,30)/t10-,11-,14?. The zero-order valence-electron chi connectivity index (χ0n) is 16.8. The molecule has 0 spiro atoms. The van der Waals surface area contributed by atoms with Crippen LogP contribution in [0.5, 0.6) is 0 Å². The van der Waals surface area contributed by atoms with Crippen LogP contribution in [0.2, 0.25) is 0 Å². The fourth-order valence-corrected chi connectivity index (χ4v) is 3.86. The van der Waals surface area contributed by atoms with Crippen LogP contribution in [0.3, 0.4) is 0 Å². The Balaban J connectivity index is 1.76. The van der Waals surface area contributed by atoms with E-state index in [1.165, 1.54) is 6.07 Å². The van der Waals surface area contributed by atoms with Crippen molar-refractivity contribution in [3.05, 3.63) is 17.3 Å². The van der Waals surface area contributed by atoms with E-state index < -0.39 is 43.1 Å². The van der Waals surface area contributed by atoms with Crippen molar-refractivity contribution in [2.45, 2.75) is 50.4 Å². The summed E-state index contributed by atoms with van der Waals surface area (Å²) in [6.07, 6.45) is -7.11. The zero-order chi connectivity index (χ0) is 22.6. The Morgan fingerprint density at radius 1 is 1.29 bits per heavy atom. The van der Waals surface area contributed by atoms with Gasteiger partial charge in [-0.1, -0.05) is 0 Å². The molecule has 1 unspecified atom stereocenters. The minimum atomic E-state index is -4.23. The number of nitrogen functional groups attached to an aromatic ring is 1. The number of ether oxygens (including phenoxy) is 1. The summed E-state index contributed by atoms with van der Waals surface area (Å²) >= 11 is 0. The number of anilines is 2. The average Bonchev–Trinajstić information content (AvgIpc) is 2.73. The summed E-state index contributed by atoms with van der Waals surface area (Å²) in [6.45, 7) is 0.696. The normalized spacial score (nSPS) is 24.8. The topological polar surface area (TPSA) is 101 Å². The smallest absolute Gasteiger partial charge is 0.391 e. The van der Waals surface area contributed by atoms with E-state index in [0.29, 0.717) is 19.7 Å². The molecule has 2 fully saturated rings. The van der Waals surface area contributed by atoms with Crippen molar-refractivity contribution >= 4 is 17.4 Å². The number of alkyl halides is 5. The van der Waals surface area contributed by atoms with Gasteiger partial charge in [0.25, 0.3) is 12.3 Å². The van der Waals surface area contributed by atoms with Gasteiger partial charge >= 0.3 is 6.18 Å². The maximum Gasteiger partial charge on any atom is 0.391 e. The number of carbonyl (C=O) groups excluding carboxylic acids is 1. The fraction of sp³-hybridized carbons (Fsp3) is 0.684. The van der Waals surface area contributed by atoms with Gasteiger partial charge in [-0.3, -0.25) is 4.79 Å². The predicted molar refractivity (Wildman–Crippen MR) is 104 cm³/mol. The number of nitrogens with two attached hydrogens (primary N) is 1. The van der Waals surface area contributed by atoms with Crippen molar-refractivity contribution in [3.63, 3.8) is 0 Å². The molecule has 1 amide bonds. The van der Waals surface area contributed by atoms with Gasteiger partial charge in [-0.05, 0) is 31.7 Å². The third-order valence-electron chi connectivity index (χ3n) is 5.51. The second-order valence-electron chi connectivity index (χ2n) is 7.76. The second kappa shape index (κ2) is 9.94. The van der Waals surface area contributed by atoms with E-state index in [0.717, 1.165) is 0 Å². The van der Waals surface area contributed by atoms with Gasteiger partial charge in [-0.2, -0.15) is 13.2 Å². The number of rotatable bonds is 6. The van der Waals surface area contributed by atoms with E-state index >= 15 is 0 Å². The molecule has 31 heavy (non-hydrogen) atoms. The lowest BCUT2D eigenvalue weighted by molar-refractivity contribution is -0.182. The Morgan fingerprint density at radius 3 is 2.58 bits per heavy atom. The maximum atomic E-state index is 12.9. The van der Waals surface area contributed by atoms with Crippen molar-refractivity contribution in [2.24, 2.45) is 5.92 Å². The highest BCUT2D eigenvalue weighted by atomic mass is 19.4. The fourth-order valence-electron chi connectivity index (χ4n) is 3.86. The van der Waals surface area contributed by atoms with Crippen molar-refractivity contribution < 1.29 is 31.5 Å². The summed E-state index contributed by atoms with van der Waals surface area (Å²) in [5, 5.41) is 8.33. The Labute approximate surface area is 176 Å². The lowest BCUT2D eigenvalue weighted by Gasteiger charge is -2.31. The minimum absolute atomic E-state index is 0.0131. The summed E-state index contributed by atoms with van der Waals surface area (Å²) in [7, 11) is 0. The number of halogens is 5. The van der Waals surface area contributed by atoms with Crippen LogP contribution in [0.25, 0.3) is 0 Å². The molecule has 1 aromatic heterocycles. The third kappa shape index (κ3) is 6.16. The van der Waals surface area contributed by atoms with Crippen LogP contribution in [0.1, 0.15) is 47.8 Å². The number of amides is 1. The van der Waals surface area contributed by atoms with Gasteiger partial charge in [0.2, 0.25) is 0 Å². The second-order valence-corrected chi connectivity index (χ2v) is 7.76. The van der Waals surface area contributed by atoms with E-state index in [1.54, 1.807) is 0 Å². The molecule has 1 atom stereocenters. The highest BCUT2D eigenvalue weighted by Crippen LogP contribution is 2.37. The molecule has 5 N–H and O–H groups in total. The highest BCUT2D eigenvalue weighted by molar-refractivity contribution is 5.97. The molecule has 1 aromatic rings. The molecule has 1 saturated heterocycles. The molecule has 12 heteroatoms. The number of hydrogen-bond acceptors (Lipinski definition) is 6. The van der Waals surface area contributed by atoms with Crippen LogP contribution in [-0.2, 0) is 4.74 Å². The zero-order valence-corrected chi connectivity index (χ0v) is 16.8. The van der Waals surface area contributed by atoms with Crippen LogP contribution >= 0.6 is 0 Å². The number of morpholine rings is 1. The summed E-state index contributed by atoms with van der Waals surface area (Å²) in [6, 6.07) is 0.937. The van der Waals surface area contributed by atoms with E-state index in [1.807, 2.05) is 0 Å². The molecule has 0 radical (unpaired) electrons. The first-order valence-corrected chi connectivity index (χ1v) is 10.2. The molecule has 2 heterocycles. The van der Waals surface area contributed by atoms with Gasteiger partial charge in [-0.15, -0.1) is 0 Å². The lowest BCUT2D eigenvalue weighted by Crippen LogP contribution is -2.41. The highest BCUT2D eigenvalue weighted by Gasteiger charge is 2.41. The number of hydrogen-bond donors (Lipinski definition) is 4. The molecule has 0 bridgehead atoms. The Kier molecular flexibility index (Phi) is 7.52. The average molecular weight is 451 g/mol. The monoisotopic (exact) mass is 451 g/mol. The summed E-state index contributed by atoms with van der Waals surface area (Å²) in [4.78, 5) is 17.2. The van der Waals surface area contributed by atoms with Gasteiger partial charge in [0.15, 0.2) is 0 Å². The molecule has 1 saturated carbocycles. The van der Waals surface area contributed by atoms with Crippen molar-refractivity contribution in [2.75, 3.05) is 37.3 Å². The molecule has 174 valence electrons. The van der Waals surface area contributed by atoms with Crippen LogP contribution in [-0.4, -0.2) is 55.8 Å². The van der Waals surface area contributed by atoms with Gasteiger partial charge in [0, 0.05) is 19.1 Å². The molecule has 7 nitrogen and oxygen atoms in total. The number of nitrogens with one attached hydrogen (secondary N) is 3. The lowest BCUT2D eigenvalue weighted by atomic mass is 9.85. The largest absolute Gasteiger partial charge is 0.396 e. The molecule has 1 aliphatic heterocycles. The van der Waals surface area contributed by atoms with E-state index in [9.17, 15) is 26.7 Å². The van der Waals surface area contributed by atoms with Crippen LogP contribution in [0.4, 0.5) is 33.5 Å². The Hall–Kier alpha value is -2.21.